The molecule has 47 heavy (non-hydrogen) atoms. The van der Waals surface area contributed by atoms with Crippen molar-refractivity contribution in [2.45, 2.75) is 62.8 Å². The first-order valence-corrected chi connectivity index (χ1v) is 15.1. The summed E-state index contributed by atoms with van der Waals surface area (Å²) in [4.78, 5) is 66.3. The second-order valence-electron chi connectivity index (χ2n) is 11.5. The van der Waals surface area contributed by atoms with E-state index in [9.17, 15) is 32.8 Å². The standard InChI is InChI=1S/C32H35F2N7O6/c1-19-26(42)37-25(17-20-5-3-2-4-6-20)29(45)39-32(12-13-32)30(46)35-14-16-47-22-9-7-21(8-10-22)18-24(28(44)36-19)38-27(43)23-11-15-41(40-23)31(33)34/h2-11,15,19,24-25,31H,12-14,16-18H2,1H3,(H,35,46)(H,36,44)(H,37,42)(H,38,43)(H,39,45)/t19-,24-,25+/m0/s1. The zero-order valence-electron chi connectivity index (χ0n) is 25.5. The summed E-state index contributed by atoms with van der Waals surface area (Å²) >= 11 is 0. The number of rotatable bonds is 5. The second-order valence-corrected chi connectivity index (χ2v) is 11.5. The zero-order valence-corrected chi connectivity index (χ0v) is 25.5. The molecule has 3 atom stereocenters. The highest BCUT2D eigenvalue weighted by Crippen LogP contribution is 2.35. The smallest absolute Gasteiger partial charge is 0.333 e. The van der Waals surface area contributed by atoms with Crippen LogP contribution in [0.4, 0.5) is 8.78 Å². The van der Waals surface area contributed by atoms with Crippen LogP contribution in [0.15, 0.2) is 66.9 Å². The van der Waals surface area contributed by atoms with Gasteiger partial charge >= 0.3 is 6.55 Å². The molecule has 248 valence electrons. The van der Waals surface area contributed by atoms with Crippen molar-refractivity contribution in [2.75, 3.05) is 13.2 Å². The lowest BCUT2D eigenvalue weighted by Gasteiger charge is -2.25. The summed E-state index contributed by atoms with van der Waals surface area (Å²) in [5, 5.41) is 17.0. The summed E-state index contributed by atoms with van der Waals surface area (Å²) in [5.41, 5.74) is -0.0519. The van der Waals surface area contributed by atoms with Crippen LogP contribution in [-0.4, -0.2) is 76.1 Å². The Hall–Kier alpha value is -5.34. The number of halogens is 2. The van der Waals surface area contributed by atoms with Gasteiger partial charge in [-0.15, -0.1) is 0 Å². The van der Waals surface area contributed by atoms with Gasteiger partial charge in [-0.3, -0.25) is 24.0 Å². The fraction of sp³-hybridized carbons (Fsp3) is 0.375. The number of nitrogens with zero attached hydrogens (tertiary/aromatic N) is 2. The molecule has 1 fully saturated rings. The molecule has 15 heteroatoms. The van der Waals surface area contributed by atoms with Gasteiger partial charge in [0.15, 0.2) is 0 Å². The van der Waals surface area contributed by atoms with Crippen molar-refractivity contribution in [1.29, 1.82) is 0 Å². The summed E-state index contributed by atoms with van der Waals surface area (Å²) in [7, 11) is 0. The van der Waals surface area contributed by atoms with Crippen molar-refractivity contribution in [3.63, 3.8) is 0 Å². The van der Waals surface area contributed by atoms with Crippen molar-refractivity contribution in [2.24, 2.45) is 0 Å². The van der Waals surface area contributed by atoms with E-state index in [1.807, 2.05) is 6.07 Å². The Bertz CT molecular complexity index is 1610. The quantitative estimate of drug-likeness (QED) is 0.256. The van der Waals surface area contributed by atoms with Crippen molar-refractivity contribution in [3.8, 4) is 5.75 Å². The Kier molecular flexibility index (Phi) is 10.1. The third kappa shape index (κ3) is 8.48. The number of fused-ring (bicyclic) bond motifs is 15. The first kappa shape index (κ1) is 33.0. The molecule has 0 unspecified atom stereocenters. The molecular formula is C32H35F2N7O6. The molecule has 5 amide bonds. The molecule has 6 rings (SSSR count). The van der Waals surface area contributed by atoms with Gasteiger partial charge in [-0.2, -0.15) is 13.9 Å². The summed E-state index contributed by atoms with van der Waals surface area (Å²) in [5.74, 6) is -2.71. The lowest BCUT2D eigenvalue weighted by atomic mass is 10.0. The Balaban J connectivity index is 1.38. The fourth-order valence-electron chi connectivity index (χ4n) is 5.06. The average molecular weight is 652 g/mol. The maximum absolute atomic E-state index is 13.5. The van der Waals surface area contributed by atoms with E-state index in [0.29, 0.717) is 28.8 Å². The number of hydrogen-bond donors (Lipinski definition) is 5. The van der Waals surface area contributed by atoms with Crippen LogP contribution in [0.2, 0.25) is 0 Å². The van der Waals surface area contributed by atoms with Crippen molar-refractivity contribution in [3.05, 3.63) is 83.7 Å². The number of hydrogen-bond acceptors (Lipinski definition) is 7. The van der Waals surface area contributed by atoms with Crippen molar-refractivity contribution >= 4 is 29.5 Å². The van der Waals surface area contributed by atoms with E-state index < -0.39 is 53.8 Å². The number of benzene rings is 2. The minimum atomic E-state index is -2.95. The van der Waals surface area contributed by atoms with Crippen LogP contribution in [0.5, 0.6) is 5.75 Å². The molecule has 2 aliphatic heterocycles. The minimum absolute atomic E-state index is 0.0288. The first-order chi connectivity index (χ1) is 22.5. The molecule has 3 heterocycles. The van der Waals surface area contributed by atoms with E-state index in [1.165, 1.54) is 6.92 Å². The highest BCUT2D eigenvalue weighted by atomic mass is 19.3. The van der Waals surface area contributed by atoms with E-state index >= 15 is 0 Å². The lowest BCUT2D eigenvalue weighted by Crippen LogP contribution is -2.59. The van der Waals surface area contributed by atoms with Crippen LogP contribution in [0.3, 0.4) is 0 Å². The van der Waals surface area contributed by atoms with Crippen LogP contribution < -0.4 is 31.3 Å². The normalized spacial score (nSPS) is 22.0. The highest BCUT2D eigenvalue weighted by Gasteiger charge is 2.51. The SMILES string of the molecule is C[C@@H]1NC(=O)[C@@H](NC(=O)c2ccn(C(F)F)n2)Cc2ccc(cc2)OCCNC(=O)C2(CC2)NC(=O)[C@@H](Cc2ccccc2)NC1=O. The molecule has 0 saturated heterocycles. The van der Waals surface area contributed by atoms with Crippen LogP contribution in [0, 0.1) is 0 Å². The predicted molar refractivity (Wildman–Crippen MR) is 163 cm³/mol. The Labute approximate surface area is 268 Å². The number of nitrogens with one attached hydrogen (secondary N) is 5. The van der Waals surface area contributed by atoms with Crippen LogP contribution in [-0.2, 0) is 32.0 Å². The maximum atomic E-state index is 13.5. The third-order valence-electron chi connectivity index (χ3n) is 7.90. The molecule has 1 aliphatic carbocycles. The minimum Gasteiger partial charge on any atom is -0.492 e. The number of amides is 5. The fourth-order valence-corrected chi connectivity index (χ4v) is 5.06. The summed E-state index contributed by atoms with van der Waals surface area (Å²) < 4.78 is 32.1. The third-order valence-corrected chi connectivity index (χ3v) is 7.90. The maximum Gasteiger partial charge on any atom is 0.333 e. The topological polar surface area (TPSA) is 173 Å². The lowest BCUT2D eigenvalue weighted by molar-refractivity contribution is -0.134. The van der Waals surface area contributed by atoms with Gasteiger partial charge in [-0.1, -0.05) is 42.5 Å². The first-order valence-electron chi connectivity index (χ1n) is 15.1. The molecule has 2 aromatic carbocycles. The largest absolute Gasteiger partial charge is 0.492 e. The molecule has 3 aromatic rings. The Morgan fingerprint density at radius 3 is 2.38 bits per heavy atom. The van der Waals surface area contributed by atoms with Crippen LogP contribution >= 0.6 is 0 Å². The second kappa shape index (κ2) is 14.4. The van der Waals surface area contributed by atoms with Gasteiger partial charge in [-0.25, -0.2) is 4.68 Å². The van der Waals surface area contributed by atoms with Gasteiger partial charge in [0, 0.05) is 19.0 Å². The van der Waals surface area contributed by atoms with Gasteiger partial charge in [0.2, 0.25) is 23.6 Å². The van der Waals surface area contributed by atoms with Crippen molar-refractivity contribution < 1.29 is 37.5 Å². The monoisotopic (exact) mass is 651 g/mol. The van der Waals surface area contributed by atoms with Crippen LogP contribution in [0.1, 0.15) is 47.9 Å². The van der Waals surface area contributed by atoms with Gasteiger partial charge in [0.25, 0.3) is 5.91 Å². The molecule has 5 N–H and O–H groups in total. The summed E-state index contributed by atoms with van der Waals surface area (Å²) in [6.45, 7) is -1.22. The van der Waals surface area contributed by atoms with E-state index in [0.717, 1.165) is 17.8 Å². The van der Waals surface area contributed by atoms with Crippen LogP contribution in [0.25, 0.3) is 0 Å². The molecule has 2 bridgehead atoms. The van der Waals surface area contributed by atoms with E-state index in [-0.39, 0.29) is 37.6 Å². The predicted octanol–water partition coefficient (Wildman–Crippen LogP) is 1.01. The number of carbonyl (C=O) groups is 5. The highest BCUT2D eigenvalue weighted by molar-refractivity contribution is 5.99. The summed E-state index contributed by atoms with van der Waals surface area (Å²) in [6.07, 6.45) is 1.89. The number of carbonyl (C=O) groups excluding carboxylic acids is 5. The van der Waals surface area contributed by atoms with Crippen molar-refractivity contribution in [1.82, 2.24) is 36.4 Å². The molecule has 1 spiro atoms. The molecule has 3 aliphatic rings. The molecule has 1 aromatic heterocycles. The van der Waals surface area contributed by atoms with E-state index in [2.05, 4.69) is 31.7 Å². The number of alkyl halides is 2. The van der Waals surface area contributed by atoms with Gasteiger partial charge in [0.1, 0.15) is 41.7 Å². The van der Waals surface area contributed by atoms with E-state index in [1.54, 1.807) is 48.5 Å². The van der Waals surface area contributed by atoms with Gasteiger partial charge < -0.3 is 31.3 Å². The summed E-state index contributed by atoms with van der Waals surface area (Å²) in [6, 6.07) is 13.3. The van der Waals surface area contributed by atoms with Gasteiger partial charge in [0.05, 0.1) is 6.54 Å². The Morgan fingerprint density at radius 1 is 1.00 bits per heavy atom. The number of aromatic nitrogens is 2. The zero-order chi connectivity index (χ0) is 33.6. The number of ether oxygens (including phenoxy) is 1. The molecule has 0 radical (unpaired) electrons. The molecule has 13 nitrogen and oxygen atoms in total. The molecular weight excluding hydrogens is 616 g/mol. The van der Waals surface area contributed by atoms with Gasteiger partial charge in [-0.05, 0) is 49.1 Å². The Morgan fingerprint density at radius 2 is 1.72 bits per heavy atom. The van der Waals surface area contributed by atoms with E-state index in [4.69, 9.17) is 4.74 Å². The molecule has 1 saturated carbocycles. The average Bonchev–Trinajstić information content (AvgIpc) is 3.65.